The number of nitrogens with one attached hydrogen (secondary N) is 1. The number of carbonyl (C=O) groups is 2. The average molecular weight is 315 g/mol. The zero-order valence-electron chi connectivity index (χ0n) is 13.9. The second-order valence-electron chi connectivity index (χ2n) is 6.83. The summed E-state index contributed by atoms with van der Waals surface area (Å²) in [5, 5.41) is 2.86. The van der Waals surface area contributed by atoms with Crippen LogP contribution in [0.15, 0.2) is 18.2 Å². The van der Waals surface area contributed by atoms with Crippen LogP contribution < -0.4 is 11.1 Å². The van der Waals surface area contributed by atoms with Gasteiger partial charge in [0.2, 0.25) is 0 Å². The number of benzene rings is 1. The summed E-state index contributed by atoms with van der Waals surface area (Å²) in [5.74, 6) is -0.206. The highest BCUT2D eigenvalue weighted by Crippen LogP contribution is 2.32. The van der Waals surface area contributed by atoms with Gasteiger partial charge < -0.3 is 11.1 Å². The fourth-order valence-corrected chi connectivity index (χ4v) is 3.47. The first kappa shape index (κ1) is 16.0. The zero-order chi connectivity index (χ0) is 16.6. The molecule has 0 aromatic heterocycles. The monoisotopic (exact) mass is 315 g/mol. The second-order valence-corrected chi connectivity index (χ2v) is 6.83. The number of nitrogens with zero attached hydrogens (tertiary/aromatic N) is 1. The van der Waals surface area contributed by atoms with E-state index in [2.05, 4.69) is 17.4 Å². The minimum Gasteiger partial charge on any atom is -0.326 e. The van der Waals surface area contributed by atoms with Gasteiger partial charge in [0.1, 0.15) is 5.54 Å². The Kier molecular flexibility index (Phi) is 4.15. The summed E-state index contributed by atoms with van der Waals surface area (Å²) in [4.78, 5) is 26.4. The Hall–Kier alpha value is -1.88. The molecule has 1 aliphatic carbocycles. The number of urea groups is 1. The van der Waals surface area contributed by atoms with E-state index in [4.69, 9.17) is 5.73 Å². The number of fused-ring (bicyclic) bond motifs is 1. The quantitative estimate of drug-likeness (QED) is 0.835. The molecule has 1 saturated heterocycles. The molecule has 1 aromatic carbocycles. The summed E-state index contributed by atoms with van der Waals surface area (Å²) in [7, 11) is 0. The number of nitrogens with two attached hydrogens (primary N) is 1. The lowest BCUT2D eigenvalue weighted by molar-refractivity contribution is -0.131. The van der Waals surface area contributed by atoms with Gasteiger partial charge in [-0.3, -0.25) is 9.69 Å². The van der Waals surface area contributed by atoms with Crippen LogP contribution in [-0.4, -0.2) is 29.4 Å². The van der Waals surface area contributed by atoms with E-state index >= 15 is 0 Å². The predicted octanol–water partition coefficient (Wildman–Crippen LogP) is 2.07. The van der Waals surface area contributed by atoms with Gasteiger partial charge in [-0.2, -0.15) is 0 Å². The number of carbonyl (C=O) groups excluding carboxylic acids is 2. The third kappa shape index (κ3) is 2.74. The maximum absolute atomic E-state index is 12.8. The van der Waals surface area contributed by atoms with Gasteiger partial charge in [-0.15, -0.1) is 0 Å². The fourth-order valence-electron chi connectivity index (χ4n) is 3.47. The molecule has 2 aliphatic rings. The Morgan fingerprint density at radius 1 is 1.26 bits per heavy atom. The minimum atomic E-state index is -0.989. The van der Waals surface area contributed by atoms with Crippen LogP contribution in [0.25, 0.3) is 0 Å². The first-order chi connectivity index (χ1) is 11.0. The third-order valence-electron chi connectivity index (χ3n) is 5.14. The Balaban J connectivity index is 1.90. The van der Waals surface area contributed by atoms with Crippen LogP contribution in [0.5, 0.6) is 0 Å². The highest BCUT2D eigenvalue weighted by atomic mass is 16.2. The average Bonchev–Trinajstić information content (AvgIpc) is 2.78. The Morgan fingerprint density at radius 3 is 2.65 bits per heavy atom. The third-order valence-corrected chi connectivity index (χ3v) is 5.14. The number of hydrogen-bond acceptors (Lipinski definition) is 3. The van der Waals surface area contributed by atoms with Crippen LogP contribution in [0.3, 0.4) is 0 Å². The van der Waals surface area contributed by atoms with Crippen LogP contribution in [0.4, 0.5) is 4.79 Å². The molecule has 5 nitrogen and oxygen atoms in total. The lowest BCUT2D eigenvalue weighted by Gasteiger charge is -2.25. The number of imide groups is 1. The first-order valence-electron chi connectivity index (χ1n) is 8.47. The number of rotatable bonds is 4. The molecule has 3 N–H and O–H groups in total. The molecule has 3 amide bonds. The molecule has 1 aromatic rings. The van der Waals surface area contributed by atoms with Gasteiger partial charge in [-0.1, -0.05) is 25.1 Å². The molecule has 2 atom stereocenters. The molecule has 0 spiro atoms. The lowest BCUT2D eigenvalue weighted by atomic mass is 9.85. The standard InChI is InChI=1S/C18H25N3O2/c1-3-15(19)11-21-16(22)18(2,20-17(21)23)14-9-8-12-6-4-5-7-13(12)10-14/h8-10,15H,3-7,11,19H2,1-2H3,(H,20,23). The minimum absolute atomic E-state index is 0.185. The van der Waals surface area contributed by atoms with E-state index < -0.39 is 5.54 Å². The molecule has 0 bridgehead atoms. The molecule has 1 aliphatic heterocycles. The molecule has 23 heavy (non-hydrogen) atoms. The van der Waals surface area contributed by atoms with Crippen LogP contribution in [0.1, 0.15) is 49.8 Å². The van der Waals surface area contributed by atoms with Crippen LogP contribution >= 0.6 is 0 Å². The van der Waals surface area contributed by atoms with E-state index in [0.29, 0.717) is 0 Å². The molecule has 5 heteroatoms. The summed E-state index contributed by atoms with van der Waals surface area (Å²) in [6.45, 7) is 4.00. The lowest BCUT2D eigenvalue weighted by Crippen LogP contribution is -2.43. The van der Waals surface area contributed by atoms with Crippen molar-refractivity contribution in [3.63, 3.8) is 0 Å². The smallest absolute Gasteiger partial charge is 0.325 e. The van der Waals surface area contributed by atoms with E-state index in [1.54, 1.807) is 6.92 Å². The van der Waals surface area contributed by atoms with Crippen molar-refractivity contribution < 1.29 is 9.59 Å². The van der Waals surface area contributed by atoms with Crippen molar-refractivity contribution in [2.24, 2.45) is 5.73 Å². The topological polar surface area (TPSA) is 75.4 Å². The zero-order valence-corrected chi connectivity index (χ0v) is 13.9. The van der Waals surface area contributed by atoms with Gasteiger partial charge >= 0.3 is 6.03 Å². The van der Waals surface area contributed by atoms with Crippen molar-refractivity contribution in [3.05, 3.63) is 34.9 Å². The van der Waals surface area contributed by atoms with Crippen molar-refractivity contribution in [1.82, 2.24) is 10.2 Å². The Morgan fingerprint density at radius 2 is 1.96 bits per heavy atom. The molecule has 124 valence electrons. The molecular formula is C18H25N3O2. The number of hydrogen-bond donors (Lipinski definition) is 2. The van der Waals surface area contributed by atoms with Crippen molar-refractivity contribution in [1.29, 1.82) is 0 Å². The molecule has 1 heterocycles. The molecule has 0 radical (unpaired) electrons. The van der Waals surface area contributed by atoms with Crippen molar-refractivity contribution >= 4 is 11.9 Å². The van der Waals surface area contributed by atoms with Crippen LogP contribution in [0.2, 0.25) is 0 Å². The van der Waals surface area contributed by atoms with Crippen molar-refractivity contribution in [3.8, 4) is 0 Å². The van der Waals surface area contributed by atoms with Gasteiger partial charge in [-0.25, -0.2) is 4.79 Å². The van der Waals surface area contributed by atoms with E-state index in [9.17, 15) is 9.59 Å². The molecule has 2 unspecified atom stereocenters. The molecule has 0 saturated carbocycles. The SMILES string of the molecule is CCC(N)CN1C(=O)NC(C)(c2ccc3c(c2)CCCC3)C1=O. The number of amides is 3. The maximum atomic E-state index is 12.8. The predicted molar refractivity (Wildman–Crippen MR) is 88.9 cm³/mol. The normalized spacial score (nSPS) is 25.3. The van der Waals surface area contributed by atoms with Crippen molar-refractivity contribution in [2.45, 2.75) is 57.5 Å². The van der Waals surface area contributed by atoms with Gasteiger partial charge in [0, 0.05) is 12.6 Å². The second kappa shape index (κ2) is 5.96. The number of aryl methyl sites for hydroxylation is 2. The Labute approximate surface area is 137 Å². The fraction of sp³-hybridized carbons (Fsp3) is 0.556. The van der Waals surface area contributed by atoms with E-state index in [0.717, 1.165) is 24.8 Å². The molecular weight excluding hydrogens is 290 g/mol. The summed E-state index contributed by atoms with van der Waals surface area (Å²) in [5.41, 5.74) is 8.47. The van der Waals surface area contributed by atoms with E-state index in [-0.39, 0.29) is 24.5 Å². The van der Waals surface area contributed by atoms with Gasteiger partial charge in [0.25, 0.3) is 5.91 Å². The van der Waals surface area contributed by atoms with E-state index in [1.165, 1.54) is 28.9 Å². The van der Waals surface area contributed by atoms with Gasteiger partial charge in [-0.05, 0) is 55.7 Å². The first-order valence-corrected chi connectivity index (χ1v) is 8.47. The summed E-state index contributed by atoms with van der Waals surface area (Å²) in [6, 6.07) is 5.64. The van der Waals surface area contributed by atoms with Crippen LogP contribution in [0, 0.1) is 0 Å². The maximum Gasteiger partial charge on any atom is 0.325 e. The highest BCUT2D eigenvalue weighted by molar-refractivity contribution is 6.07. The summed E-state index contributed by atoms with van der Waals surface area (Å²) >= 11 is 0. The Bertz CT molecular complexity index is 643. The van der Waals surface area contributed by atoms with Gasteiger partial charge in [0.15, 0.2) is 0 Å². The summed E-state index contributed by atoms with van der Waals surface area (Å²) < 4.78 is 0. The van der Waals surface area contributed by atoms with E-state index in [1.807, 2.05) is 13.0 Å². The van der Waals surface area contributed by atoms with Gasteiger partial charge in [0.05, 0.1) is 0 Å². The summed E-state index contributed by atoms with van der Waals surface area (Å²) in [6.07, 6.45) is 5.29. The molecule has 3 rings (SSSR count). The largest absolute Gasteiger partial charge is 0.326 e. The molecule has 1 fully saturated rings. The van der Waals surface area contributed by atoms with Crippen molar-refractivity contribution in [2.75, 3.05) is 6.54 Å². The van der Waals surface area contributed by atoms with Crippen LogP contribution in [-0.2, 0) is 23.2 Å². The highest BCUT2D eigenvalue weighted by Gasteiger charge is 2.49.